The second-order valence-electron chi connectivity index (χ2n) is 6.20. The summed E-state index contributed by atoms with van der Waals surface area (Å²) in [6.07, 6.45) is 2.22. The second-order valence-corrected chi connectivity index (χ2v) is 7.58. The van der Waals surface area contributed by atoms with Crippen LogP contribution in [-0.4, -0.2) is 30.3 Å². The van der Waals surface area contributed by atoms with Crippen LogP contribution >= 0.6 is 22.9 Å². The van der Waals surface area contributed by atoms with Crippen LogP contribution in [0.25, 0.3) is 0 Å². The third-order valence-electron chi connectivity index (χ3n) is 4.43. The van der Waals surface area contributed by atoms with Crippen molar-refractivity contribution in [3.8, 4) is 5.75 Å². The standard InChI is InChI=1S/C20H18ClN3O3S/c1-26-17-7-6-13(21)10-14(17)22-12-20(25)24-16(18-4-2-8-27-18)11-15(23-24)19-5-3-9-28-19/h2-10,16,22H,11-12H2,1H3/t16-/m1/s1. The Morgan fingerprint density at radius 1 is 1.39 bits per heavy atom. The van der Waals surface area contributed by atoms with Gasteiger partial charge in [-0.2, -0.15) is 5.10 Å². The van der Waals surface area contributed by atoms with Gasteiger partial charge in [-0.3, -0.25) is 4.79 Å². The first kappa shape index (κ1) is 18.6. The van der Waals surface area contributed by atoms with Crippen LogP contribution in [0.1, 0.15) is 23.1 Å². The molecule has 1 aliphatic heterocycles. The van der Waals surface area contributed by atoms with Crippen molar-refractivity contribution in [2.45, 2.75) is 12.5 Å². The summed E-state index contributed by atoms with van der Waals surface area (Å²) in [7, 11) is 1.57. The van der Waals surface area contributed by atoms with Crippen LogP contribution < -0.4 is 10.1 Å². The molecule has 6 nitrogen and oxygen atoms in total. The molecular weight excluding hydrogens is 398 g/mol. The van der Waals surface area contributed by atoms with Crippen molar-refractivity contribution in [1.29, 1.82) is 0 Å². The molecule has 0 spiro atoms. The molecule has 2 aromatic heterocycles. The van der Waals surface area contributed by atoms with Gasteiger partial charge in [-0.25, -0.2) is 5.01 Å². The molecule has 0 fully saturated rings. The number of methoxy groups -OCH3 is 1. The third-order valence-corrected chi connectivity index (χ3v) is 5.59. The molecule has 8 heteroatoms. The van der Waals surface area contributed by atoms with Crippen LogP contribution in [0.3, 0.4) is 0 Å². The molecule has 0 saturated carbocycles. The van der Waals surface area contributed by atoms with E-state index in [1.54, 1.807) is 42.9 Å². The number of halogens is 1. The zero-order chi connectivity index (χ0) is 19.5. The molecule has 0 unspecified atom stereocenters. The third kappa shape index (κ3) is 3.76. The Morgan fingerprint density at radius 2 is 2.29 bits per heavy atom. The number of hydrogen-bond donors (Lipinski definition) is 1. The number of nitrogens with one attached hydrogen (secondary N) is 1. The molecule has 3 heterocycles. The Labute approximate surface area is 171 Å². The van der Waals surface area contributed by atoms with Gasteiger partial charge in [-0.15, -0.1) is 11.3 Å². The SMILES string of the molecule is COc1ccc(Cl)cc1NCC(=O)N1N=C(c2cccs2)C[C@@H]1c1ccco1. The Morgan fingerprint density at radius 3 is 3.00 bits per heavy atom. The van der Waals surface area contributed by atoms with Crippen molar-refractivity contribution in [3.63, 3.8) is 0 Å². The molecule has 1 aliphatic rings. The molecule has 4 rings (SSSR count). The van der Waals surface area contributed by atoms with E-state index in [0.717, 1.165) is 10.6 Å². The summed E-state index contributed by atoms with van der Waals surface area (Å²) in [5.41, 5.74) is 1.53. The molecule has 28 heavy (non-hydrogen) atoms. The van der Waals surface area contributed by atoms with Crippen molar-refractivity contribution in [1.82, 2.24) is 5.01 Å². The van der Waals surface area contributed by atoms with E-state index in [0.29, 0.717) is 28.6 Å². The number of thiophene rings is 1. The highest BCUT2D eigenvalue weighted by Gasteiger charge is 2.35. The van der Waals surface area contributed by atoms with Crippen LogP contribution in [0.4, 0.5) is 5.69 Å². The summed E-state index contributed by atoms with van der Waals surface area (Å²) in [5, 5.41) is 11.7. The Balaban J connectivity index is 1.54. The van der Waals surface area contributed by atoms with Gasteiger partial charge in [0, 0.05) is 11.4 Å². The van der Waals surface area contributed by atoms with Crippen molar-refractivity contribution in [3.05, 3.63) is 69.8 Å². The number of benzene rings is 1. The fourth-order valence-corrected chi connectivity index (χ4v) is 4.00. The number of rotatable bonds is 6. The zero-order valence-corrected chi connectivity index (χ0v) is 16.7. The molecule has 0 aliphatic carbocycles. The molecule has 1 N–H and O–H groups in total. The fraction of sp³-hybridized carbons (Fsp3) is 0.200. The van der Waals surface area contributed by atoms with Crippen molar-refractivity contribution < 1.29 is 13.9 Å². The summed E-state index contributed by atoms with van der Waals surface area (Å²) in [6, 6.07) is 12.6. The monoisotopic (exact) mass is 415 g/mol. The maximum atomic E-state index is 13.0. The molecule has 1 amide bonds. The first-order valence-electron chi connectivity index (χ1n) is 8.70. The molecular formula is C20H18ClN3O3S. The topological polar surface area (TPSA) is 67.1 Å². The quantitative estimate of drug-likeness (QED) is 0.628. The van der Waals surface area contributed by atoms with Crippen LogP contribution in [0, 0.1) is 0 Å². The number of amides is 1. The predicted octanol–water partition coefficient (Wildman–Crippen LogP) is 4.79. The highest BCUT2D eigenvalue weighted by molar-refractivity contribution is 7.12. The number of hydrogen-bond acceptors (Lipinski definition) is 6. The number of anilines is 1. The van der Waals surface area contributed by atoms with Gasteiger partial charge < -0.3 is 14.5 Å². The normalized spacial score (nSPS) is 16.1. The van der Waals surface area contributed by atoms with E-state index in [9.17, 15) is 4.79 Å². The lowest BCUT2D eigenvalue weighted by Gasteiger charge is -2.20. The molecule has 0 radical (unpaired) electrons. The van der Waals surface area contributed by atoms with E-state index in [1.807, 2.05) is 29.6 Å². The Bertz CT molecular complexity index is 986. The Kier molecular flexibility index (Phi) is 5.36. The minimum atomic E-state index is -0.261. The van der Waals surface area contributed by atoms with E-state index >= 15 is 0 Å². The van der Waals surface area contributed by atoms with Gasteiger partial charge in [0.25, 0.3) is 5.91 Å². The summed E-state index contributed by atoms with van der Waals surface area (Å²) in [4.78, 5) is 14.0. The van der Waals surface area contributed by atoms with E-state index in [1.165, 1.54) is 5.01 Å². The minimum absolute atomic E-state index is 0.0507. The van der Waals surface area contributed by atoms with Crippen molar-refractivity contribution in [2.75, 3.05) is 19.0 Å². The first-order valence-corrected chi connectivity index (χ1v) is 9.95. The highest BCUT2D eigenvalue weighted by Crippen LogP contribution is 2.34. The van der Waals surface area contributed by atoms with Crippen molar-refractivity contribution in [2.24, 2.45) is 5.10 Å². The first-order chi connectivity index (χ1) is 13.7. The lowest BCUT2D eigenvalue weighted by molar-refractivity contribution is -0.131. The van der Waals surface area contributed by atoms with Gasteiger partial charge >= 0.3 is 0 Å². The molecule has 0 saturated heterocycles. The average Bonchev–Trinajstić information content (AvgIpc) is 3.46. The predicted molar refractivity (Wildman–Crippen MR) is 110 cm³/mol. The zero-order valence-electron chi connectivity index (χ0n) is 15.1. The number of furan rings is 1. The molecule has 1 atom stereocenters. The Hall–Kier alpha value is -2.77. The van der Waals surface area contributed by atoms with Gasteiger partial charge in [-0.05, 0) is 41.8 Å². The van der Waals surface area contributed by atoms with E-state index in [-0.39, 0.29) is 18.5 Å². The summed E-state index contributed by atoms with van der Waals surface area (Å²) >= 11 is 7.66. The average molecular weight is 416 g/mol. The summed E-state index contributed by atoms with van der Waals surface area (Å²) < 4.78 is 10.9. The van der Waals surface area contributed by atoms with Crippen LogP contribution in [0.2, 0.25) is 5.02 Å². The summed E-state index contributed by atoms with van der Waals surface area (Å²) in [6.45, 7) is 0.0507. The lowest BCUT2D eigenvalue weighted by Crippen LogP contribution is -2.32. The van der Waals surface area contributed by atoms with Gasteiger partial charge in [0.05, 0.1) is 36.2 Å². The number of carbonyl (C=O) groups excluding carboxylic acids is 1. The van der Waals surface area contributed by atoms with Gasteiger partial charge in [-0.1, -0.05) is 17.7 Å². The molecule has 3 aromatic rings. The maximum absolute atomic E-state index is 13.0. The second kappa shape index (κ2) is 8.08. The minimum Gasteiger partial charge on any atom is -0.495 e. The van der Waals surface area contributed by atoms with Crippen LogP contribution in [0.5, 0.6) is 5.75 Å². The van der Waals surface area contributed by atoms with Gasteiger partial charge in [0.15, 0.2) is 0 Å². The van der Waals surface area contributed by atoms with Crippen molar-refractivity contribution >= 4 is 40.2 Å². The van der Waals surface area contributed by atoms with Gasteiger partial charge in [0.1, 0.15) is 17.6 Å². The van der Waals surface area contributed by atoms with E-state index in [2.05, 4.69) is 10.4 Å². The molecule has 0 bridgehead atoms. The largest absolute Gasteiger partial charge is 0.495 e. The molecule has 1 aromatic carbocycles. The maximum Gasteiger partial charge on any atom is 0.262 e. The molecule has 144 valence electrons. The smallest absolute Gasteiger partial charge is 0.262 e. The van der Waals surface area contributed by atoms with E-state index in [4.69, 9.17) is 20.8 Å². The number of carbonyl (C=O) groups is 1. The highest BCUT2D eigenvalue weighted by atomic mass is 35.5. The fourth-order valence-electron chi connectivity index (χ4n) is 3.10. The number of hydrazone groups is 1. The lowest BCUT2D eigenvalue weighted by atomic mass is 10.1. The van der Waals surface area contributed by atoms with Gasteiger partial charge in [0.2, 0.25) is 0 Å². The number of ether oxygens (including phenoxy) is 1. The van der Waals surface area contributed by atoms with Crippen LogP contribution in [0.15, 0.2) is 63.6 Å². The van der Waals surface area contributed by atoms with E-state index < -0.39 is 0 Å². The summed E-state index contributed by atoms with van der Waals surface area (Å²) in [5.74, 6) is 1.16. The number of nitrogens with zero attached hydrogens (tertiary/aromatic N) is 2. The van der Waals surface area contributed by atoms with Crippen LogP contribution in [-0.2, 0) is 4.79 Å².